The quantitative estimate of drug-likeness (QED) is 0.679. The van der Waals surface area contributed by atoms with Gasteiger partial charge in [0.25, 0.3) is 5.91 Å². The maximum atomic E-state index is 13.2. The number of hydrogen-bond acceptors (Lipinski definition) is 3. The Kier molecular flexibility index (Phi) is 8.10. The first kappa shape index (κ1) is 22.9. The van der Waals surface area contributed by atoms with Gasteiger partial charge in [0, 0.05) is 12.6 Å². The summed E-state index contributed by atoms with van der Waals surface area (Å²) in [6, 6.07) is 15.3. The van der Waals surface area contributed by atoms with Crippen molar-refractivity contribution >= 4 is 11.8 Å². The van der Waals surface area contributed by atoms with E-state index in [0.29, 0.717) is 12.3 Å². The highest BCUT2D eigenvalue weighted by Gasteiger charge is 2.28. The summed E-state index contributed by atoms with van der Waals surface area (Å²) in [7, 11) is 0. The molecule has 31 heavy (non-hydrogen) atoms. The van der Waals surface area contributed by atoms with Gasteiger partial charge in [-0.05, 0) is 50.8 Å². The molecule has 5 heteroatoms. The second-order valence-corrected chi connectivity index (χ2v) is 8.58. The van der Waals surface area contributed by atoms with Crippen LogP contribution in [0.25, 0.3) is 0 Å². The number of nitrogens with one attached hydrogen (secondary N) is 1. The minimum atomic E-state index is -0.574. The fourth-order valence-electron chi connectivity index (χ4n) is 4.10. The van der Waals surface area contributed by atoms with Crippen LogP contribution in [-0.2, 0) is 16.1 Å². The van der Waals surface area contributed by atoms with Crippen molar-refractivity contribution in [1.82, 2.24) is 10.2 Å². The van der Waals surface area contributed by atoms with E-state index in [1.807, 2.05) is 62.4 Å². The summed E-state index contributed by atoms with van der Waals surface area (Å²) in [6.45, 7) is 6.05. The number of rotatable bonds is 8. The van der Waals surface area contributed by atoms with Crippen molar-refractivity contribution < 1.29 is 14.3 Å². The SMILES string of the molecule is Cc1cccc(CN(C(=O)COc2ccccc2C)[C@H](C)C(=O)NC2CCCCC2)c1. The Labute approximate surface area is 185 Å². The highest BCUT2D eigenvalue weighted by molar-refractivity contribution is 5.88. The molecule has 1 fully saturated rings. The lowest BCUT2D eigenvalue weighted by Gasteiger charge is -2.31. The molecule has 2 aromatic rings. The van der Waals surface area contributed by atoms with E-state index in [1.54, 1.807) is 11.8 Å². The van der Waals surface area contributed by atoms with Crippen molar-refractivity contribution in [1.29, 1.82) is 0 Å². The van der Waals surface area contributed by atoms with Gasteiger partial charge in [-0.1, -0.05) is 67.3 Å². The fourth-order valence-corrected chi connectivity index (χ4v) is 4.10. The molecule has 0 bridgehead atoms. The van der Waals surface area contributed by atoms with Crippen LogP contribution in [0.4, 0.5) is 0 Å². The van der Waals surface area contributed by atoms with Crippen molar-refractivity contribution in [2.75, 3.05) is 6.61 Å². The molecule has 1 N–H and O–H groups in total. The lowest BCUT2D eigenvalue weighted by atomic mass is 9.95. The van der Waals surface area contributed by atoms with Gasteiger partial charge in [0.1, 0.15) is 11.8 Å². The van der Waals surface area contributed by atoms with Crippen LogP contribution in [0.15, 0.2) is 48.5 Å². The second-order valence-electron chi connectivity index (χ2n) is 8.58. The highest BCUT2D eigenvalue weighted by atomic mass is 16.5. The van der Waals surface area contributed by atoms with Crippen molar-refractivity contribution in [2.45, 2.75) is 71.5 Å². The molecule has 1 aliphatic carbocycles. The Balaban J connectivity index is 1.71. The molecule has 5 nitrogen and oxygen atoms in total. The lowest BCUT2D eigenvalue weighted by molar-refractivity contribution is -0.142. The van der Waals surface area contributed by atoms with E-state index in [2.05, 4.69) is 5.32 Å². The average Bonchev–Trinajstić information content (AvgIpc) is 2.77. The highest BCUT2D eigenvalue weighted by Crippen LogP contribution is 2.19. The van der Waals surface area contributed by atoms with Crippen LogP contribution >= 0.6 is 0 Å². The zero-order chi connectivity index (χ0) is 22.2. The number of nitrogens with zero attached hydrogens (tertiary/aromatic N) is 1. The van der Waals surface area contributed by atoms with E-state index in [-0.39, 0.29) is 24.5 Å². The van der Waals surface area contributed by atoms with Crippen LogP contribution in [0.1, 0.15) is 55.7 Å². The molecule has 0 saturated heterocycles. The van der Waals surface area contributed by atoms with E-state index < -0.39 is 6.04 Å². The number of amides is 2. The van der Waals surface area contributed by atoms with Gasteiger partial charge in [-0.2, -0.15) is 0 Å². The summed E-state index contributed by atoms with van der Waals surface area (Å²) >= 11 is 0. The van der Waals surface area contributed by atoms with E-state index in [1.165, 1.54) is 6.42 Å². The number of ether oxygens (including phenoxy) is 1. The Hall–Kier alpha value is -2.82. The zero-order valence-corrected chi connectivity index (χ0v) is 18.9. The van der Waals surface area contributed by atoms with Gasteiger partial charge in [-0.15, -0.1) is 0 Å². The van der Waals surface area contributed by atoms with Gasteiger partial charge in [0.15, 0.2) is 6.61 Å². The van der Waals surface area contributed by atoms with E-state index in [0.717, 1.165) is 42.4 Å². The summed E-state index contributed by atoms with van der Waals surface area (Å²) in [5.41, 5.74) is 3.10. The van der Waals surface area contributed by atoms with Crippen molar-refractivity contribution in [3.8, 4) is 5.75 Å². The zero-order valence-electron chi connectivity index (χ0n) is 18.9. The summed E-state index contributed by atoms with van der Waals surface area (Å²) < 4.78 is 5.80. The van der Waals surface area contributed by atoms with Crippen molar-refractivity contribution in [3.05, 3.63) is 65.2 Å². The Bertz CT molecular complexity index is 890. The number of carbonyl (C=O) groups excluding carboxylic acids is 2. The minimum Gasteiger partial charge on any atom is -0.484 e. The van der Waals surface area contributed by atoms with Gasteiger partial charge in [-0.25, -0.2) is 0 Å². The van der Waals surface area contributed by atoms with Crippen molar-refractivity contribution in [3.63, 3.8) is 0 Å². The number of benzene rings is 2. The largest absolute Gasteiger partial charge is 0.484 e. The summed E-state index contributed by atoms with van der Waals surface area (Å²) in [4.78, 5) is 27.8. The molecule has 1 saturated carbocycles. The fraction of sp³-hybridized carbons (Fsp3) is 0.462. The predicted molar refractivity (Wildman–Crippen MR) is 123 cm³/mol. The average molecular weight is 423 g/mol. The molecule has 0 radical (unpaired) electrons. The van der Waals surface area contributed by atoms with Crippen LogP contribution in [0.5, 0.6) is 5.75 Å². The molecule has 0 unspecified atom stereocenters. The topological polar surface area (TPSA) is 58.6 Å². The van der Waals surface area contributed by atoms with Gasteiger partial charge < -0.3 is 15.0 Å². The molecule has 1 aliphatic rings. The third-order valence-electron chi connectivity index (χ3n) is 6.00. The molecular weight excluding hydrogens is 388 g/mol. The maximum absolute atomic E-state index is 13.2. The second kappa shape index (κ2) is 11.0. The third-order valence-corrected chi connectivity index (χ3v) is 6.00. The van der Waals surface area contributed by atoms with Gasteiger partial charge in [0.2, 0.25) is 5.91 Å². The first-order valence-electron chi connectivity index (χ1n) is 11.3. The molecule has 0 heterocycles. The van der Waals surface area contributed by atoms with Crippen LogP contribution in [0.3, 0.4) is 0 Å². The summed E-state index contributed by atoms with van der Waals surface area (Å²) in [5.74, 6) is 0.394. The number of hydrogen-bond donors (Lipinski definition) is 1. The standard InChI is InChI=1S/C26H34N2O3/c1-19-10-9-12-22(16-19)17-28(21(3)26(30)27-23-13-5-4-6-14-23)25(29)18-31-24-15-8-7-11-20(24)2/h7-12,15-16,21,23H,4-6,13-14,17-18H2,1-3H3,(H,27,30)/t21-/m1/s1. The lowest BCUT2D eigenvalue weighted by Crippen LogP contribution is -2.51. The molecule has 0 spiro atoms. The van der Waals surface area contributed by atoms with Crippen LogP contribution in [0, 0.1) is 13.8 Å². The third kappa shape index (κ3) is 6.58. The maximum Gasteiger partial charge on any atom is 0.261 e. The molecular formula is C26H34N2O3. The van der Waals surface area contributed by atoms with Crippen LogP contribution < -0.4 is 10.1 Å². The number of carbonyl (C=O) groups is 2. The molecule has 2 aromatic carbocycles. The molecule has 2 amide bonds. The van der Waals surface area contributed by atoms with Gasteiger partial charge in [-0.3, -0.25) is 9.59 Å². The van der Waals surface area contributed by atoms with Crippen molar-refractivity contribution in [2.24, 2.45) is 0 Å². The van der Waals surface area contributed by atoms with Gasteiger partial charge in [0.05, 0.1) is 0 Å². The molecule has 1 atom stereocenters. The number of para-hydroxylation sites is 1. The normalized spacial score (nSPS) is 15.2. The van der Waals surface area contributed by atoms with Crippen LogP contribution in [0.2, 0.25) is 0 Å². The monoisotopic (exact) mass is 422 g/mol. The molecule has 0 aliphatic heterocycles. The summed E-state index contributed by atoms with van der Waals surface area (Å²) in [5, 5.41) is 3.16. The smallest absolute Gasteiger partial charge is 0.261 e. The minimum absolute atomic E-state index is 0.0937. The van der Waals surface area contributed by atoms with E-state index in [4.69, 9.17) is 4.74 Å². The Morgan fingerprint density at radius 1 is 1.06 bits per heavy atom. The predicted octanol–water partition coefficient (Wildman–Crippen LogP) is 4.55. The molecule has 166 valence electrons. The van der Waals surface area contributed by atoms with Gasteiger partial charge >= 0.3 is 0 Å². The van der Waals surface area contributed by atoms with E-state index >= 15 is 0 Å². The number of aryl methyl sites for hydroxylation is 2. The Morgan fingerprint density at radius 2 is 1.81 bits per heavy atom. The Morgan fingerprint density at radius 3 is 2.52 bits per heavy atom. The van der Waals surface area contributed by atoms with E-state index in [9.17, 15) is 9.59 Å². The molecule has 3 rings (SSSR count). The summed E-state index contributed by atoms with van der Waals surface area (Å²) in [6.07, 6.45) is 5.56. The first-order chi connectivity index (χ1) is 14.9. The first-order valence-corrected chi connectivity index (χ1v) is 11.3. The molecule has 0 aromatic heterocycles. The van der Waals surface area contributed by atoms with Crippen LogP contribution in [-0.4, -0.2) is 35.4 Å².